The van der Waals surface area contributed by atoms with E-state index in [9.17, 15) is 0 Å². The zero-order valence-corrected chi connectivity index (χ0v) is 36.5. The van der Waals surface area contributed by atoms with Gasteiger partial charge in [0.1, 0.15) is 0 Å². The van der Waals surface area contributed by atoms with Crippen LogP contribution in [0.5, 0.6) is 0 Å². The lowest BCUT2D eigenvalue weighted by molar-refractivity contribution is 1.07. The summed E-state index contributed by atoms with van der Waals surface area (Å²) < 4.78 is 2.42. The van der Waals surface area contributed by atoms with Crippen molar-refractivity contribution in [3.05, 3.63) is 255 Å². The van der Waals surface area contributed by atoms with E-state index in [0.29, 0.717) is 17.5 Å². The second-order valence-electron chi connectivity index (χ2n) is 16.8. The zero-order valence-electron chi connectivity index (χ0n) is 36.5. The first kappa shape index (κ1) is 39.6. The molecule has 0 N–H and O–H groups in total. The summed E-state index contributed by atoms with van der Waals surface area (Å²) in [4.78, 5) is 15.1. The fourth-order valence-corrected chi connectivity index (χ4v) is 9.30. The van der Waals surface area contributed by atoms with Gasteiger partial charge < -0.3 is 4.57 Å². The van der Waals surface area contributed by atoms with Gasteiger partial charge in [0.15, 0.2) is 17.5 Å². The molecule has 0 spiro atoms. The number of fused-ring (bicyclic) bond motifs is 3. The van der Waals surface area contributed by atoms with Crippen LogP contribution in [0.1, 0.15) is 0 Å². The molecule has 12 aromatic rings. The third-order valence-corrected chi connectivity index (χ3v) is 12.7. The molecule has 67 heavy (non-hydrogen) atoms. The highest BCUT2D eigenvalue weighted by Gasteiger charge is 2.19. The van der Waals surface area contributed by atoms with Crippen molar-refractivity contribution in [2.24, 2.45) is 0 Å². The first-order valence-corrected chi connectivity index (χ1v) is 22.7. The van der Waals surface area contributed by atoms with Gasteiger partial charge >= 0.3 is 0 Å². The fourth-order valence-electron chi connectivity index (χ4n) is 9.30. The molecular formula is C63H42N4. The van der Waals surface area contributed by atoms with Crippen LogP contribution in [0.4, 0.5) is 0 Å². The fraction of sp³-hybridized carbons (Fsp3) is 0. The van der Waals surface area contributed by atoms with Crippen molar-refractivity contribution in [1.29, 1.82) is 0 Å². The molecule has 0 amide bonds. The van der Waals surface area contributed by atoms with E-state index >= 15 is 0 Å². The van der Waals surface area contributed by atoms with Crippen molar-refractivity contribution >= 4 is 21.8 Å². The largest absolute Gasteiger partial charge is 0.309 e. The summed E-state index contributed by atoms with van der Waals surface area (Å²) in [6.45, 7) is 0. The Labute approximate surface area is 389 Å². The maximum atomic E-state index is 5.09. The number of hydrogen-bond acceptors (Lipinski definition) is 3. The van der Waals surface area contributed by atoms with Crippen LogP contribution in [0.15, 0.2) is 255 Å². The molecular weight excluding hydrogens is 813 g/mol. The van der Waals surface area contributed by atoms with Gasteiger partial charge in [-0.15, -0.1) is 0 Å². The van der Waals surface area contributed by atoms with Gasteiger partial charge in [0.05, 0.1) is 11.0 Å². The molecule has 12 rings (SSSR count). The summed E-state index contributed by atoms with van der Waals surface area (Å²) in [5, 5.41) is 2.44. The minimum atomic E-state index is 0.623. The average Bonchev–Trinajstić information content (AvgIpc) is 3.76. The lowest BCUT2D eigenvalue weighted by Crippen LogP contribution is -2.00. The third-order valence-electron chi connectivity index (χ3n) is 12.7. The molecule has 0 saturated heterocycles. The van der Waals surface area contributed by atoms with Gasteiger partial charge in [0.25, 0.3) is 0 Å². The molecule has 2 heterocycles. The number of rotatable bonds is 9. The second-order valence-corrected chi connectivity index (χ2v) is 16.8. The van der Waals surface area contributed by atoms with Gasteiger partial charge in [0.2, 0.25) is 0 Å². The Balaban J connectivity index is 0.955. The molecule has 0 radical (unpaired) electrons. The van der Waals surface area contributed by atoms with E-state index in [1.54, 1.807) is 0 Å². The molecule has 0 atom stereocenters. The Hall–Kier alpha value is -8.99. The van der Waals surface area contributed by atoms with Crippen LogP contribution in [0.25, 0.3) is 117 Å². The van der Waals surface area contributed by atoms with Crippen molar-refractivity contribution in [3.63, 3.8) is 0 Å². The van der Waals surface area contributed by atoms with E-state index in [1.165, 1.54) is 49.7 Å². The van der Waals surface area contributed by atoms with E-state index in [-0.39, 0.29) is 0 Å². The molecule has 0 aliphatic rings. The van der Waals surface area contributed by atoms with Crippen LogP contribution in [-0.4, -0.2) is 19.5 Å². The maximum absolute atomic E-state index is 5.09. The average molecular weight is 855 g/mol. The Morgan fingerprint density at radius 3 is 1.16 bits per heavy atom. The Bertz CT molecular complexity index is 3680. The quantitative estimate of drug-likeness (QED) is 0.145. The van der Waals surface area contributed by atoms with Crippen LogP contribution < -0.4 is 0 Å². The van der Waals surface area contributed by atoms with Gasteiger partial charge in [-0.05, 0) is 92.0 Å². The van der Waals surface area contributed by atoms with Gasteiger partial charge in [-0.25, -0.2) is 15.0 Å². The summed E-state index contributed by atoms with van der Waals surface area (Å²) in [7, 11) is 0. The van der Waals surface area contributed by atoms with Crippen LogP contribution in [0, 0.1) is 0 Å². The SMILES string of the molecule is c1ccc(-c2ccc(-c3nc(-c4ccccc4)nc(-c4ccc(-c5cc(-c6ccccc6)c6c7ccccc7n(-c7ccc(-c8cccc(-c9ccccc9)c8)cc7)c6c5)cc4)n3)cc2)cc1. The molecule has 4 nitrogen and oxygen atoms in total. The van der Waals surface area contributed by atoms with Gasteiger partial charge in [-0.1, -0.05) is 218 Å². The lowest BCUT2D eigenvalue weighted by Gasteiger charge is -2.13. The highest BCUT2D eigenvalue weighted by Crippen LogP contribution is 2.42. The zero-order chi connectivity index (χ0) is 44.5. The number of para-hydroxylation sites is 1. The molecule has 10 aromatic carbocycles. The van der Waals surface area contributed by atoms with Crippen LogP contribution in [0.2, 0.25) is 0 Å². The predicted octanol–water partition coefficient (Wildman–Crippen LogP) is 16.3. The van der Waals surface area contributed by atoms with E-state index in [2.05, 4.69) is 223 Å². The van der Waals surface area contributed by atoms with Crippen molar-refractivity contribution < 1.29 is 0 Å². The Kier molecular flexibility index (Phi) is 10.2. The Morgan fingerprint density at radius 2 is 0.612 bits per heavy atom. The van der Waals surface area contributed by atoms with Gasteiger partial charge in [0, 0.05) is 33.2 Å². The molecule has 314 valence electrons. The second kappa shape index (κ2) is 17.2. The van der Waals surface area contributed by atoms with E-state index in [4.69, 9.17) is 15.0 Å². The third kappa shape index (κ3) is 7.67. The van der Waals surface area contributed by atoms with Crippen molar-refractivity contribution in [2.45, 2.75) is 0 Å². The van der Waals surface area contributed by atoms with Gasteiger partial charge in [-0.2, -0.15) is 0 Å². The predicted molar refractivity (Wildman–Crippen MR) is 278 cm³/mol. The molecule has 0 saturated carbocycles. The van der Waals surface area contributed by atoms with Crippen LogP contribution in [0.3, 0.4) is 0 Å². The number of hydrogen-bond donors (Lipinski definition) is 0. The van der Waals surface area contributed by atoms with Crippen molar-refractivity contribution in [1.82, 2.24) is 19.5 Å². The molecule has 0 aliphatic carbocycles. The topological polar surface area (TPSA) is 43.6 Å². The van der Waals surface area contributed by atoms with Gasteiger partial charge in [-0.3, -0.25) is 0 Å². The number of nitrogens with zero attached hydrogens (tertiary/aromatic N) is 4. The van der Waals surface area contributed by atoms with Crippen LogP contribution in [-0.2, 0) is 0 Å². The molecule has 2 aromatic heterocycles. The van der Waals surface area contributed by atoms with Crippen molar-refractivity contribution in [3.8, 4) is 95.5 Å². The molecule has 4 heteroatoms. The molecule has 0 aliphatic heterocycles. The molecule has 0 fully saturated rings. The Morgan fingerprint density at radius 1 is 0.239 bits per heavy atom. The van der Waals surface area contributed by atoms with Crippen molar-refractivity contribution in [2.75, 3.05) is 0 Å². The van der Waals surface area contributed by atoms with E-state index in [1.807, 2.05) is 36.4 Å². The first-order valence-electron chi connectivity index (χ1n) is 22.7. The molecule has 0 unspecified atom stereocenters. The summed E-state index contributed by atoms with van der Waals surface area (Å²) >= 11 is 0. The molecule has 0 bridgehead atoms. The minimum Gasteiger partial charge on any atom is -0.309 e. The highest BCUT2D eigenvalue weighted by atomic mass is 15.0. The minimum absolute atomic E-state index is 0.623. The van der Waals surface area contributed by atoms with E-state index in [0.717, 1.165) is 50.1 Å². The highest BCUT2D eigenvalue weighted by molar-refractivity contribution is 6.17. The monoisotopic (exact) mass is 854 g/mol. The normalized spacial score (nSPS) is 11.3. The van der Waals surface area contributed by atoms with Crippen LogP contribution >= 0.6 is 0 Å². The maximum Gasteiger partial charge on any atom is 0.164 e. The first-order chi connectivity index (χ1) is 33.2. The standard InChI is InChI=1S/C63H42N4/c1-5-16-43(17-6-1)45-28-32-50(33-29-45)62-64-61(49-22-11-4-12-23-49)65-63(66-62)51-34-30-47(31-35-51)54-41-57(48-20-9-3-10-21-48)60-56-26-13-14-27-58(56)67(59(60)42-54)55-38-36-46(37-39-55)53-25-15-24-52(40-53)44-18-7-2-8-19-44/h1-42H. The summed E-state index contributed by atoms with van der Waals surface area (Å²) in [6.07, 6.45) is 0. The number of aromatic nitrogens is 4. The summed E-state index contributed by atoms with van der Waals surface area (Å²) in [6, 6.07) is 90.2. The lowest BCUT2D eigenvalue weighted by atomic mass is 9.94. The summed E-state index contributed by atoms with van der Waals surface area (Å²) in [5.41, 5.74) is 17.9. The van der Waals surface area contributed by atoms with E-state index < -0.39 is 0 Å². The summed E-state index contributed by atoms with van der Waals surface area (Å²) in [5.74, 6) is 1.89. The smallest absolute Gasteiger partial charge is 0.164 e. The number of benzene rings is 10.